The molecule has 1 aromatic carbocycles. The van der Waals surface area contributed by atoms with E-state index in [2.05, 4.69) is 19.2 Å². The van der Waals surface area contributed by atoms with Gasteiger partial charge in [0, 0.05) is 36.1 Å². The first-order valence-electron chi connectivity index (χ1n) is 7.54. The molecule has 1 saturated carbocycles. The Kier molecular flexibility index (Phi) is 3.02. The lowest BCUT2D eigenvalue weighted by molar-refractivity contribution is -0.0923. The molecule has 2 fully saturated rings. The quantitative estimate of drug-likeness (QED) is 0.909. The largest absolute Gasteiger partial charge is 0.486 e. The zero-order chi connectivity index (χ0) is 14.6. The average molecular weight is 310 g/mol. The van der Waals surface area contributed by atoms with Crippen LogP contribution in [0.2, 0.25) is 5.02 Å². The molecule has 3 atom stereocenters. The maximum absolute atomic E-state index is 6.39. The molecule has 0 amide bonds. The highest BCUT2D eigenvalue weighted by Crippen LogP contribution is 2.54. The Balaban J connectivity index is 1.60. The summed E-state index contributed by atoms with van der Waals surface area (Å²) in [5, 5.41) is 4.29. The van der Waals surface area contributed by atoms with Crippen molar-refractivity contribution in [3.8, 4) is 11.5 Å². The second-order valence-electron chi connectivity index (χ2n) is 6.66. The van der Waals surface area contributed by atoms with Gasteiger partial charge in [-0.2, -0.15) is 0 Å². The van der Waals surface area contributed by atoms with E-state index in [1.807, 2.05) is 12.1 Å². The van der Waals surface area contributed by atoms with Gasteiger partial charge < -0.3 is 19.5 Å². The third-order valence-corrected chi connectivity index (χ3v) is 5.36. The third kappa shape index (κ3) is 2.00. The molecule has 0 aromatic heterocycles. The highest BCUT2D eigenvalue weighted by Gasteiger charge is 2.59. The molecule has 4 rings (SSSR count). The van der Waals surface area contributed by atoms with Crippen molar-refractivity contribution in [3.63, 3.8) is 0 Å². The van der Waals surface area contributed by atoms with E-state index in [1.165, 1.54) is 0 Å². The lowest BCUT2D eigenvalue weighted by atomic mass is 9.57. The summed E-state index contributed by atoms with van der Waals surface area (Å²) in [6.07, 6.45) is 1.49. The number of fused-ring (bicyclic) bond motifs is 2. The van der Waals surface area contributed by atoms with Crippen LogP contribution in [0.5, 0.6) is 11.5 Å². The lowest BCUT2D eigenvalue weighted by Crippen LogP contribution is -2.63. The second kappa shape index (κ2) is 4.68. The Bertz CT molecular complexity index is 575. The molecular formula is C16H20ClNO3. The first kappa shape index (κ1) is 13.5. The van der Waals surface area contributed by atoms with Gasteiger partial charge in [0.25, 0.3) is 0 Å². The van der Waals surface area contributed by atoms with Gasteiger partial charge in [0.05, 0.1) is 16.8 Å². The van der Waals surface area contributed by atoms with Crippen LogP contribution in [0.25, 0.3) is 0 Å². The second-order valence-corrected chi connectivity index (χ2v) is 7.07. The Morgan fingerprint density at radius 1 is 1.14 bits per heavy atom. The summed E-state index contributed by atoms with van der Waals surface area (Å²) in [5.41, 5.74) is 1.04. The minimum Gasteiger partial charge on any atom is -0.486 e. The number of halogens is 1. The molecule has 1 aliphatic carbocycles. The van der Waals surface area contributed by atoms with E-state index in [0.717, 1.165) is 30.2 Å². The fourth-order valence-corrected chi connectivity index (χ4v) is 4.17. The highest BCUT2D eigenvalue weighted by molar-refractivity contribution is 6.33. The minimum atomic E-state index is 0.123. The molecule has 4 nitrogen and oxygen atoms in total. The van der Waals surface area contributed by atoms with Crippen LogP contribution in [0.1, 0.15) is 20.3 Å². The van der Waals surface area contributed by atoms with Gasteiger partial charge in [-0.05, 0) is 6.42 Å². The van der Waals surface area contributed by atoms with Gasteiger partial charge in [0.1, 0.15) is 13.2 Å². The van der Waals surface area contributed by atoms with Crippen molar-refractivity contribution in [1.29, 1.82) is 0 Å². The Hall–Kier alpha value is -1.13. The van der Waals surface area contributed by atoms with Crippen LogP contribution in [0, 0.1) is 11.3 Å². The van der Waals surface area contributed by atoms with Gasteiger partial charge in [-0.1, -0.05) is 25.4 Å². The van der Waals surface area contributed by atoms with Crippen molar-refractivity contribution in [3.05, 3.63) is 17.2 Å². The van der Waals surface area contributed by atoms with E-state index in [4.69, 9.17) is 25.8 Å². The summed E-state index contributed by atoms with van der Waals surface area (Å²) in [4.78, 5) is 0. The topological polar surface area (TPSA) is 39.7 Å². The number of hydrogen-bond acceptors (Lipinski definition) is 4. The standard InChI is InChI=1S/C16H20ClNO3/c1-16(2)14(9-3-4-21-15(9)16)18-11-8-13-12(7-10(11)17)19-5-6-20-13/h7-9,14-15,18H,3-6H2,1-2H3. The molecule has 1 N–H and O–H groups in total. The van der Waals surface area contributed by atoms with Gasteiger partial charge in [-0.3, -0.25) is 0 Å². The molecule has 21 heavy (non-hydrogen) atoms. The zero-order valence-corrected chi connectivity index (χ0v) is 13.1. The van der Waals surface area contributed by atoms with Crippen LogP contribution in [0.3, 0.4) is 0 Å². The van der Waals surface area contributed by atoms with Crippen LogP contribution in [-0.2, 0) is 4.74 Å². The van der Waals surface area contributed by atoms with Crippen molar-refractivity contribution in [2.45, 2.75) is 32.4 Å². The van der Waals surface area contributed by atoms with Crippen LogP contribution in [-0.4, -0.2) is 32.0 Å². The van der Waals surface area contributed by atoms with E-state index in [-0.39, 0.29) is 5.41 Å². The van der Waals surface area contributed by atoms with Crippen LogP contribution >= 0.6 is 11.6 Å². The molecule has 0 bridgehead atoms. The molecule has 1 aromatic rings. The minimum absolute atomic E-state index is 0.123. The van der Waals surface area contributed by atoms with E-state index in [0.29, 0.717) is 36.3 Å². The van der Waals surface area contributed by atoms with E-state index >= 15 is 0 Å². The smallest absolute Gasteiger partial charge is 0.163 e. The lowest BCUT2D eigenvalue weighted by Gasteiger charge is -2.55. The first-order chi connectivity index (χ1) is 10.1. The average Bonchev–Trinajstić information content (AvgIpc) is 2.91. The number of benzene rings is 1. The monoisotopic (exact) mass is 309 g/mol. The van der Waals surface area contributed by atoms with Crippen molar-refractivity contribution in [1.82, 2.24) is 0 Å². The summed E-state index contributed by atoms with van der Waals surface area (Å²) in [6, 6.07) is 4.17. The highest BCUT2D eigenvalue weighted by atomic mass is 35.5. The van der Waals surface area contributed by atoms with Gasteiger partial charge in [0.2, 0.25) is 0 Å². The molecule has 5 heteroatoms. The number of hydrogen-bond donors (Lipinski definition) is 1. The van der Waals surface area contributed by atoms with Gasteiger partial charge >= 0.3 is 0 Å². The Labute approximate surface area is 129 Å². The van der Waals surface area contributed by atoms with Crippen molar-refractivity contribution < 1.29 is 14.2 Å². The number of rotatable bonds is 2. The number of nitrogens with one attached hydrogen (secondary N) is 1. The summed E-state index contributed by atoms with van der Waals surface area (Å²) < 4.78 is 17.0. The Morgan fingerprint density at radius 2 is 1.86 bits per heavy atom. The predicted molar refractivity (Wildman–Crippen MR) is 81.5 cm³/mol. The predicted octanol–water partition coefficient (Wildman–Crippen LogP) is 3.34. The molecular weight excluding hydrogens is 290 g/mol. The zero-order valence-electron chi connectivity index (χ0n) is 12.3. The van der Waals surface area contributed by atoms with E-state index < -0.39 is 0 Å². The fraction of sp³-hybridized carbons (Fsp3) is 0.625. The third-order valence-electron chi connectivity index (χ3n) is 5.04. The first-order valence-corrected chi connectivity index (χ1v) is 7.92. The van der Waals surface area contributed by atoms with Crippen LogP contribution in [0.4, 0.5) is 5.69 Å². The van der Waals surface area contributed by atoms with Gasteiger partial charge in [-0.25, -0.2) is 0 Å². The van der Waals surface area contributed by atoms with Crippen molar-refractivity contribution in [2.75, 3.05) is 25.1 Å². The summed E-state index contributed by atoms with van der Waals surface area (Å²) in [7, 11) is 0. The molecule has 114 valence electrons. The molecule has 3 unspecified atom stereocenters. The summed E-state index contributed by atoms with van der Waals surface area (Å²) in [5.74, 6) is 2.07. The molecule has 2 aliphatic heterocycles. The Morgan fingerprint density at radius 3 is 2.62 bits per heavy atom. The van der Waals surface area contributed by atoms with Crippen LogP contribution in [0.15, 0.2) is 12.1 Å². The normalized spacial score (nSPS) is 32.2. The molecule has 3 aliphatic rings. The van der Waals surface area contributed by atoms with Crippen molar-refractivity contribution >= 4 is 17.3 Å². The van der Waals surface area contributed by atoms with Crippen LogP contribution < -0.4 is 14.8 Å². The van der Waals surface area contributed by atoms with E-state index in [1.54, 1.807) is 0 Å². The van der Waals surface area contributed by atoms with Gasteiger partial charge in [0.15, 0.2) is 11.5 Å². The molecule has 0 spiro atoms. The van der Waals surface area contributed by atoms with E-state index in [9.17, 15) is 0 Å². The number of anilines is 1. The van der Waals surface area contributed by atoms with Gasteiger partial charge in [-0.15, -0.1) is 0 Å². The summed E-state index contributed by atoms with van der Waals surface area (Å²) in [6.45, 7) is 6.53. The molecule has 0 radical (unpaired) electrons. The maximum atomic E-state index is 6.39. The fourth-order valence-electron chi connectivity index (χ4n) is 3.96. The van der Waals surface area contributed by atoms with Crippen molar-refractivity contribution in [2.24, 2.45) is 11.3 Å². The maximum Gasteiger partial charge on any atom is 0.163 e. The SMILES string of the molecule is CC1(C)C(Nc2cc3c(cc2Cl)OCCO3)C2CCOC21. The molecule has 2 heterocycles. The summed E-state index contributed by atoms with van der Waals surface area (Å²) >= 11 is 6.39. The molecule has 1 saturated heterocycles. The number of ether oxygens (including phenoxy) is 3.